The van der Waals surface area contributed by atoms with E-state index in [2.05, 4.69) is 34.9 Å². The number of fused-ring (bicyclic) bond motifs is 1. The number of carbonyl (C=O) groups excluding carboxylic acids is 1. The fraction of sp³-hybridized carbons (Fsp3) is 0.381. The summed E-state index contributed by atoms with van der Waals surface area (Å²) in [7, 11) is 0. The third kappa shape index (κ3) is 5.31. The first-order valence-electron chi connectivity index (χ1n) is 9.09. The van der Waals surface area contributed by atoms with Gasteiger partial charge in [0, 0.05) is 25.2 Å². The maximum atomic E-state index is 11.0. The van der Waals surface area contributed by atoms with Crippen LogP contribution < -0.4 is 15.4 Å². The molecule has 0 aromatic heterocycles. The Labute approximate surface area is 154 Å². The van der Waals surface area contributed by atoms with Gasteiger partial charge in [-0.05, 0) is 54.7 Å². The molecule has 0 fully saturated rings. The Kier molecular flexibility index (Phi) is 6.26. The molecule has 3 rings (SSSR count). The maximum Gasteiger partial charge on any atom is 0.221 e. The van der Waals surface area contributed by atoms with Crippen molar-refractivity contribution in [2.75, 3.05) is 18.5 Å². The number of benzene rings is 2. The normalized spacial score (nSPS) is 17.2. The number of ether oxygens (including phenoxy) is 1. The van der Waals surface area contributed by atoms with Gasteiger partial charge in [-0.3, -0.25) is 4.79 Å². The summed E-state index contributed by atoms with van der Waals surface area (Å²) < 4.78 is 5.62. The quantitative estimate of drug-likeness (QED) is 0.715. The molecule has 0 saturated heterocycles. The third-order valence-electron chi connectivity index (χ3n) is 4.61. The monoisotopic (exact) mass is 354 g/mol. The molecule has 1 aliphatic carbocycles. The molecule has 1 amide bonds. The van der Waals surface area contributed by atoms with Gasteiger partial charge in [-0.15, -0.1) is 0 Å². The SMILES string of the molecule is CC(=O)Nc1ccc(OCC(O)CNC2CCc3ccccc3C2)cc1. The molecule has 5 heteroatoms. The molecule has 0 bridgehead atoms. The van der Waals surface area contributed by atoms with Crippen LogP contribution in [0.4, 0.5) is 5.69 Å². The summed E-state index contributed by atoms with van der Waals surface area (Å²) in [4.78, 5) is 11.0. The molecular formula is C21H26N2O3. The van der Waals surface area contributed by atoms with Crippen LogP contribution in [0.1, 0.15) is 24.5 Å². The number of amides is 1. The highest BCUT2D eigenvalue weighted by atomic mass is 16.5. The number of anilines is 1. The van der Waals surface area contributed by atoms with Gasteiger partial charge in [-0.2, -0.15) is 0 Å². The predicted molar refractivity (Wildman–Crippen MR) is 103 cm³/mol. The topological polar surface area (TPSA) is 70.6 Å². The van der Waals surface area contributed by atoms with Crippen LogP contribution in [0.5, 0.6) is 5.75 Å². The van der Waals surface area contributed by atoms with E-state index in [0.717, 1.165) is 24.9 Å². The van der Waals surface area contributed by atoms with Crippen molar-refractivity contribution in [3.63, 3.8) is 0 Å². The average molecular weight is 354 g/mol. The van der Waals surface area contributed by atoms with Gasteiger partial charge in [0.1, 0.15) is 18.5 Å². The van der Waals surface area contributed by atoms with Crippen LogP contribution in [0, 0.1) is 0 Å². The number of aliphatic hydroxyl groups excluding tert-OH is 1. The largest absolute Gasteiger partial charge is 0.491 e. The summed E-state index contributed by atoms with van der Waals surface area (Å²) in [6.07, 6.45) is 2.62. The van der Waals surface area contributed by atoms with E-state index in [1.54, 1.807) is 24.3 Å². The minimum Gasteiger partial charge on any atom is -0.491 e. The van der Waals surface area contributed by atoms with E-state index >= 15 is 0 Å². The molecule has 1 aliphatic rings. The van der Waals surface area contributed by atoms with E-state index in [4.69, 9.17) is 4.74 Å². The maximum absolute atomic E-state index is 11.0. The number of aliphatic hydroxyl groups is 1. The summed E-state index contributed by atoms with van der Waals surface area (Å²) in [6.45, 7) is 2.21. The molecule has 2 aromatic rings. The Hall–Kier alpha value is -2.37. The van der Waals surface area contributed by atoms with E-state index in [-0.39, 0.29) is 12.5 Å². The van der Waals surface area contributed by atoms with Crippen molar-refractivity contribution in [1.82, 2.24) is 5.32 Å². The summed E-state index contributed by atoms with van der Waals surface area (Å²) in [5, 5.41) is 16.3. The second-order valence-corrected chi connectivity index (χ2v) is 6.79. The molecule has 2 atom stereocenters. The minimum atomic E-state index is -0.567. The molecule has 0 radical (unpaired) electrons. The van der Waals surface area contributed by atoms with Crippen molar-refractivity contribution in [2.45, 2.75) is 38.3 Å². The number of rotatable bonds is 7. The van der Waals surface area contributed by atoms with Crippen molar-refractivity contribution in [3.8, 4) is 5.75 Å². The van der Waals surface area contributed by atoms with Crippen molar-refractivity contribution in [1.29, 1.82) is 0 Å². The fourth-order valence-corrected chi connectivity index (χ4v) is 3.26. The fourth-order valence-electron chi connectivity index (χ4n) is 3.26. The lowest BCUT2D eigenvalue weighted by Gasteiger charge is -2.26. The zero-order valence-corrected chi connectivity index (χ0v) is 15.1. The average Bonchev–Trinajstić information content (AvgIpc) is 2.65. The molecule has 2 aromatic carbocycles. The number of hydrogen-bond donors (Lipinski definition) is 3. The first-order chi connectivity index (χ1) is 12.6. The molecule has 26 heavy (non-hydrogen) atoms. The van der Waals surface area contributed by atoms with Gasteiger partial charge < -0.3 is 20.5 Å². The Morgan fingerprint density at radius 1 is 1.19 bits per heavy atom. The van der Waals surface area contributed by atoms with Crippen LogP contribution in [0.2, 0.25) is 0 Å². The van der Waals surface area contributed by atoms with Crippen LogP contribution in [0.15, 0.2) is 48.5 Å². The van der Waals surface area contributed by atoms with E-state index in [1.807, 2.05) is 0 Å². The lowest BCUT2D eigenvalue weighted by molar-refractivity contribution is -0.114. The van der Waals surface area contributed by atoms with Crippen molar-refractivity contribution < 1.29 is 14.6 Å². The highest BCUT2D eigenvalue weighted by molar-refractivity contribution is 5.88. The van der Waals surface area contributed by atoms with Crippen molar-refractivity contribution >= 4 is 11.6 Å². The van der Waals surface area contributed by atoms with Gasteiger partial charge in [-0.1, -0.05) is 24.3 Å². The lowest BCUT2D eigenvalue weighted by atomic mass is 9.88. The molecular weight excluding hydrogens is 328 g/mol. The van der Waals surface area contributed by atoms with Crippen LogP contribution in [-0.4, -0.2) is 36.3 Å². The predicted octanol–water partition coefficient (Wildman–Crippen LogP) is 2.53. The molecule has 0 aliphatic heterocycles. The van der Waals surface area contributed by atoms with Crippen molar-refractivity contribution in [3.05, 3.63) is 59.7 Å². The standard InChI is InChI=1S/C21H26N2O3/c1-15(24)23-18-8-10-21(11-9-18)26-14-20(25)13-22-19-7-6-16-4-2-3-5-17(16)12-19/h2-5,8-11,19-20,22,25H,6-7,12-14H2,1H3,(H,23,24). The van der Waals surface area contributed by atoms with E-state index in [0.29, 0.717) is 18.3 Å². The zero-order chi connectivity index (χ0) is 18.4. The van der Waals surface area contributed by atoms with Gasteiger partial charge in [-0.25, -0.2) is 0 Å². The first kappa shape index (κ1) is 18.4. The number of carbonyl (C=O) groups is 1. The first-order valence-corrected chi connectivity index (χ1v) is 9.09. The molecule has 0 saturated carbocycles. The smallest absolute Gasteiger partial charge is 0.221 e. The van der Waals surface area contributed by atoms with Crippen LogP contribution in [0.3, 0.4) is 0 Å². The van der Waals surface area contributed by atoms with E-state index < -0.39 is 6.10 Å². The van der Waals surface area contributed by atoms with Gasteiger partial charge in [0.2, 0.25) is 5.91 Å². The zero-order valence-electron chi connectivity index (χ0n) is 15.1. The van der Waals surface area contributed by atoms with Crippen LogP contribution >= 0.6 is 0 Å². The summed E-state index contributed by atoms with van der Waals surface area (Å²) in [6, 6.07) is 16.1. The van der Waals surface area contributed by atoms with Gasteiger partial charge >= 0.3 is 0 Å². The molecule has 0 heterocycles. The highest BCUT2D eigenvalue weighted by Crippen LogP contribution is 2.21. The Bertz CT molecular complexity index is 730. The third-order valence-corrected chi connectivity index (χ3v) is 4.61. The second-order valence-electron chi connectivity index (χ2n) is 6.79. The summed E-state index contributed by atoms with van der Waals surface area (Å²) in [5.74, 6) is 0.565. The summed E-state index contributed by atoms with van der Waals surface area (Å²) >= 11 is 0. The van der Waals surface area contributed by atoms with Gasteiger partial charge in [0.25, 0.3) is 0 Å². The lowest BCUT2D eigenvalue weighted by Crippen LogP contribution is -2.40. The number of aryl methyl sites for hydroxylation is 1. The van der Waals surface area contributed by atoms with E-state index in [9.17, 15) is 9.90 Å². The molecule has 5 nitrogen and oxygen atoms in total. The Balaban J connectivity index is 1.39. The minimum absolute atomic E-state index is 0.106. The van der Waals surface area contributed by atoms with Gasteiger partial charge in [0.15, 0.2) is 0 Å². The van der Waals surface area contributed by atoms with Crippen molar-refractivity contribution in [2.24, 2.45) is 0 Å². The van der Waals surface area contributed by atoms with Gasteiger partial charge in [0.05, 0.1) is 0 Å². The second kappa shape index (κ2) is 8.83. The van der Waals surface area contributed by atoms with Crippen LogP contribution in [-0.2, 0) is 17.6 Å². The van der Waals surface area contributed by atoms with E-state index in [1.165, 1.54) is 18.1 Å². The van der Waals surface area contributed by atoms with Crippen LogP contribution in [0.25, 0.3) is 0 Å². The molecule has 3 N–H and O–H groups in total. The summed E-state index contributed by atoms with van der Waals surface area (Å²) in [5.41, 5.74) is 3.57. The highest BCUT2D eigenvalue weighted by Gasteiger charge is 2.18. The Morgan fingerprint density at radius 3 is 2.65 bits per heavy atom. The molecule has 2 unspecified atom stereocenters. The number of hydrogen-bond acceptors (Lipinski definition) is 4. The number of nitrogens with one attached hydrogen (secondary N) is 2. The molecule has 138 valence electrons. The molecule has 0 spiro atoms. The Morgan fingerprint density at radius 2 is 1.92 bits per heavy atom.